The minimum absolute atomic E-state index is 0.232. The Morgan fingerprint density at radius 1 is 1.11 bits per heavy atom. The third-order valence-electron chi connectivity index (χ3n) is 5.37. The number of hydrogen-bond acceptors (Lipinski definition) is 4. The van der Waals surface area contributed by atoms with Crippen molar-refractivity contribution in [3.05, 3.63) is 65.4 Å². The Labute approximate surface area is 163 Å². The van der Waals surface area contributed by atoms with Gasteiger partial charge in [0.15, 0.2) is 0 Å². The Balaban J connectivity index is 1.68. The largest absolute Gasteiger partial charge is 0.477 e. The third kappa shape index (κ3) is 3.45. The first-order valence-corrected chi connectivity index (χ1v) is 9.34. The van der Waals surface area contributed by atoms with Gasteiger partial charge in [-0.25, -0.2) is 4.79 Å². The molecule has 0 bridgehead atoms. The van der Waals surface area contributed by atoms with Crippen LogP contribution in [0.15, 0.2) is 48.5 Å². The molecule has 6 heteroatoms. The van der Waals surface area contributed by atoms with E-state index in [0.717, 1.165) is 42.6 Å². The second-order valence-corrected chi connectivity index (χ2v) is 7.27. The lowest BCUT2D eigenvalue weighted by Crippen LogP contribution is -2.44. The van der Waals surface area contributed by atoms with Crippen LogP contribution in [-0.4, -0.2) is 53.8 Å². The quantitative estimate of drug-likeness (QED) is 0.760. The summed E-state index contributed by atoms with van der Waals surface area (Å²) in [6, 6.07) is 17.4. The summed E-state index contributed by atoms with van der Waals surface area (Å²) < 4.78 is 1.81. The highest BCUT2D eigenvalue weighted by atomic mass is 16.4. The van der Waals surface area contributed by atoms with Crippen molar-refractivity contribution >= 4 is 22.6 Å². The molecule has 1 aliphatic heterocycles. The lowest BCUT2D eigenvalue weighted by atomic mass is 10.1. The second-order valence-electron chi connectivity index (χ2n) is 7.27. The number of nitriles is 1. The minimum Gasteiger partial charge on any atom is -0.477 e. The average molecular weight is 374 g/mol. The number of likely N-dealkylation sites (N-methyl/N-ethyl adjacent to an activating group) is 1. The van der Waals surface area contributed by atoms with E-state index >= 15 is 0 Å². The molecule has 1 aliphatic rings. The van der Waals surface area contributed by atoms with Gasteiger partial charge in [-0.3, -0.25) is 0 Å². The van der Waals surface area contributed by atoms with Crippen LogP contribution in [-0.2, 0) is 6.54 Å². The van der Waals surface area contributed by atoms with Crippen LogP contribution < -0.4 is 4.90 Å². The molecule has 28 heavy (non-hydrogen) atoms. The molecule has 1 saturated heterocycles. The number of carboxylic acid groups (broad SMARTS) is 1. The van der Waals surface area contributed by atoms with Crippen molar-refractivity contribution in [2.75, 3.05) is 38.1 Å². The average Bonchev–Trinajstić information content (AvgIpc) is 3.06. The van der Waals surface area contributed by atoms with Crippen LogP contribution >= 0.6 is 0 Å². The normalized spacial score (nSPS) is 14.9. The van der Waals surface area contributed by atoms with Crippen LogP contribution in [0.3, 0.4) is 0 Å². The molecule has 1 N–H and O–H groups in total. The molecule has 0 spiro atoms. The van der Waals surface area contributed by atoms with Crippen LogP contribution in [0.4, 0.5) is 5.69 Å². The van der Waals surface area contributed by atoms with E-state index in [-0.39, 0.29) is 5.69 Å². The minimum atomic E-state index is -0.968. The summed E-state index contributed by atoms with van der Waals surface area (Å²) >= 11 is 0. The van der Waals surface area contributed by atoms with Crippen molar-refractivity contribution in [3.8, 4) is 6.07 Å². The number of nitrogens with zero attached hydrogens (tertiary/aromatic N) is 4. The molecule has 0 radical (unpaired) electrons. The predicted octanol–water partition coefficient (Wildman–Crippen LogP) is 3.01. The fraction of sp³-hybridized carbons (Fsp3) is 0.273. The highest BCUT2D eigenvalue weighted by molar-refractivity contribution is 5.95. The number of aromatic carboxylic acids is 1. The highest BCUT2D eigenvalue weighted by Crippen LogP contribution is 2.24. The van der Waals surface area contributed by atoms with Gasteiger partial charge in [0.25, 0.3) is 0 Å². The van der Waals surface area contributed by atoms with Crippen LogP contribution in [0.25, 0.3) is 10.9 Å². The van der Waals surface area contributed by atoms with Crippen molar-refractivity contribution in [2.24, 2.45) is 0 Å². The summed E-state index contributed by atoms with van der Waals surface area (Å²) in [5.74, 6) is -0.968. The van der Waals surface area contributed by atoms with E-state index in [1.54, 1.807) is 18.2 Å². The lowest BCUT2D eigenvalue weighted by molar-refractivity contribution is 0.0686. The molecular weight excluding hydrogens is 352 g/mol. The maximum Gasteiger partial charge on any atom is 0.352 e. The molecule has 2 heterocycles. The summed E-state index contributed by atoms with van der Waals surface area (Å²) in [5.41, 5.74) is 3.81. The molecule has 0 saturated carbocycles. The Bertz CT molecular complexity index is 1070. The number of benzene rings is 2. The van der Waals surface area contributed by atoms with E-state index in [1.807, 2.05) is 22.8 Å². The van der Waals surface area contributed by atoms with Gasteiger partial charge in [0, 0.05) is 49.3 Å². The molecule has 0 amide bonds. The maximum absolute atomic E-state index is 11.8. The Hall–Kier alpha value is -3.30. The number of anilines is 1. The van der Waals surface area contributed by atoms with Gasteiger partial charge in [-0.1, -0.05) is 12.1 Å². The molecule has 0 atom stereocenters. The number of carbonyl (C=O) groups is 1. The second kappa shape index (κ2) is 7.37. The number of hydrogen-bond donors (Lipinski definition) is 1. The van der Waals surface area contributed by atoms with Gasteiger partial charge < -0.3 is 19.5 Å². The predicted molar refractivity (Wildman–Crippen MR) is 109 cm³/mol. The van der Waals surface area contributed by atoms with Gasteiger partial charge >= 0.3 is 5.97 Å². The summed E-state index contributed by atoms with van der Waals surface area (Å²) in [7, 11) is 2.13. The number of rotatable bonds is 4. The van der Waals surface area contributed by atoms with Crippen molar-refractivity contribution < 1.29 is 9.90 Å². The molecule has 0 aliphatic carbocycles. The zero-order valence-electron chi connectivity index (χ0n) is 15.8. The van der Waals surface area contributed by atoms with Crippen LogP contribution in [0.5, 0.6) is 0 Å². The zero-order valence-corrected chi connectivity index (χ0v) is 15.8. The summed E-state index contributed by atoms with van der Waals surface area (Å²) in [6.07, 6.45) is 0. The SMILES string of the molecule is CN1CCN(c2cccc(Cn3c(C(=O)O)cc4cc(C#N)ccc43)c2)CC1. The van der Waals surface area contributed by atoms with Crippen molar-refractivity contribution in [2.45, 2.75) is 6.54 Å². The van der Waals surface area contributed by atoms with Crippen LogP contribution in [0, 0.1) is 11.3 Å². The van der Waals surface area contributed by atoms with Gasteiger partial charge in [0.05, 0.1) is 11.6 Å². The molecule has 1 aromatic heterocycles. The maximum atomic E-state index is 11.8. The van der Waals surface area contributed by atoms with Crippen molar-refractivity contribution in [1.82, 2.24) is 9.47 Å². The fourth-order valence-corrected chi connectivity index (χ4v) is 3.79. The third-order valence-corrected chi connectivity index (χ3v) is 5.37. The first-order chi connectivity index (χ1) is 13.5. The van der Waals surface area contributed by atoms with E-state index in [4.69, 9.17) is 5.26 Å². The molecule has 142 valence electrons. The van der Waals surface area contributed by atoms with E-state index in [1.165, 1.54) is 5.69 Å². The number of aromatic nitrogens is 1. The monoisotopic (exact) mass is 374 g/mol. The van der Waals surface area contributed by atoms with Gasteiger partial charge in [-0.2, -0.15) is 5.26 Å². The highest BCUT2D eigenvalue weighted by Gasteiger charge is 2.17. The Kier molecular flexibility index (Phi) is 4.76. The van der Waals surface area contributed by atoms with E-state index in [0.29, 0.717) is 12.1 Å². The standard InChI is InChI=1S/C22H22N4O2/c1-24-7-9-25(10-8-24)19-4-2-3-17(12-19)15-26-20-6-5-16(14-23)11-18(20)13-21(26)22(27)28/h2-6,11-13H,7-10,15H2,1H3,(H,27,28). The Morgan fingerprint density at radius 2 is 1.89 bits per heavy atom. The Morgan fingerprint density at radius 3 is 2.61 bits per heavy atom. The molecular formula is C22H22N4O2. The van der Waals surface area contributed by atoms with Crippen LogP contribution in [0.1, 0.15) is 21.6 Å². The van der Waals surface area contributed by atoms with Crippen molar-refractivity contribution in [3.63, 3.8) is 0 Å². The van der Waals surface area contributed by atoms with Gasteiger partial charge in [0.1, 0.15) is 5.69 Å². The molecule has 3 aromatic rings. The topological polar surface area (TPSA) is 72.5 Å². The van der Waals surface area contributed by atoms with Crippen molar-refractivity contribution in [1.29, 1.82) is 5.26 Å². The zero-order chi connectivity index (χ0) is 19.7. The van der Waals surface area contributed by atoms with Gasteiger partial charge in [-0.05, 0) is 49.0 Å². The molecule has 0 unspecified atom stereocenters. The van der Waals surface area contributed by atoms with E-state index in [2.05, 4.69) is 35.0 Å². The van der Waals surface area contributed by atoms with E-state index in [9.17, 15) is 9.90 Å². The van der Waals surface area contributed by atoms with Crippen LogP contribution in [0.2, 0.25) is 0 Å². The molecule has 2 aromatic carbocycles. The summed E-state index contributed by atoms with van der Waals surface area (Å²) in [5, 5.41) is 19.5. The molecule has 1 fully saturated rings. The smallest absolute Gasteiger partial charge is 0.352 e. The lowest BCUT2D eigenvalue weighted by Gasteiger charge is -2.34. The summed E-state index contributed by atoms with van der Waals surface area (Å²) in [6.45, 7) is 4.53. The van der Waals surface area contributed by atoms with Gasteiger partial charge in [0.2, 0.25) is 0 Å². The fourth-order valence-electron chi connectivity index (χ4n) is 3.79. The van der Waals surface area contributed by atoms with Gasteiger partial charge in [-0.15, -0.1) is 0 Å². The van der Waals surface area contributed by atoms with E-state index < -0.39 is 5.97 Å². The first-order valence-electron chi connectivity index (χ1n) is 9.34. The number of carboxylic acids is 1. The molecule has 6 nitrogen and oxygen atoms in total. The molecule has 4 rings (SSSR count). The number of piperazine rings is 1. The summed E-state index contributed by atoms with van der Waals surface area (Å²) in [4.78, 5) is 16.5. The number of fused-ring (bicyclic) bond motifs is 1. The first kappa shape index (κ1) is 18.1.